The predicted molar refractivity (Wildman–Crippen MR) is 34.1 cm³/mol. The molecule has 0 rings (SSSR count). The van der Waals surface area contributed by atoms with Crippen LogP contribution in [0.15, 0.2) is 4.99 Å². The Balaban J connectivity index is 3.21. The number of aliphatic imine (C=N–C) groups is 1. The topological polar surface area (TPSA) is 76.4 Å². The SMILES string of the molecule is CCC(N)/N=C\NN. The average Bonchev–Trinajstić information content (AvgIpc) is 1.83. The number of hydrazine groups is 1. The number of hydrogen-bond donors (Lipinski definition) is 3. The standard InChI is InChI=1S/C4H12N4/c1-2-4(5)7-3-8-6/h3-4H,2,5-6H2,1H3,(H,7,8). The monoisotopic (exact) mass is 116 g/mol. The first-order valence-electron chi connectivity index (χ1n) is 2.54. The third-order valence-electron chi connectivity index (χ3n) is 0.759. The summed E-state index contributed by atoms with van der Waals surface area (Å²) in [4.78, 5) is 3.78. The Bertz CT molecular complexity index is 70.4. The van der Waals surface area contributed by atoms with Gasteiger partial charge in [-0.1, -0.05) is 6.92 Å². The lowest BCUT2D eigenvalue weighted by Crippen LogP contribution is -2.23. The number of nitrogens with one attached hydrogen (secondary N) is 1. The maximum absolute atomic E-state index is 5.37. The Hall–Kier alpha value is -0.610. The van der Waals surface area contributed by atoms with Crippen LogP contribution in [0.25, 0.3) is 0 Å². The van der Waals surface area contributed by atoms with Gasteiger partial charge < -0.3 is 11.2 Å². The van der Waals surface area contributed by atoms with E-state index < -0.39 is 0 Å². The summed E-state index contributed by atoms with van der Waals surface area (Å²) in [7, 11) is 0. The molecule has 0 bridgehead atoms. The van der Waals surface area contributed by atoms with Crippen LogP contribution in [0, 0.1) is 0 Å². The molecule has 8 heavy (non-hydrogen) atoms. The molecule has 0 saturated carbocycles. The Kier molecular flexibility index (Phi) is 4.20. The molecule has 1 unspecified atom stereocenters. The van der Waals surface area contributed by atoms with E-state index >= 15 is 0 Å². The van der Waals surface area contributed by atoms with Gasteiger partial charge in [-0.25, -0.2) is 5.84 Å². The smallest absolute Gasteiger partial charge is 0.0984 e. The maximum atomic E-state index is 5.37. The van der Waals surface area contributed by atoms with Crippen molar-refractivity contribution in [3.05, 3.63) is 0 Å². The molecule has 0 fully saturated rings. The van der Waals surface area contributed by atoms with E-state index in [-0.39, 0.29) is 6.17 Å². The van der Waals surface area contributed by atoms with Crippen LogP contribution in [0.4, 0.5) is 0 Å². The van der Waals surface area contributed by atoms with Crippen LogP contribution in [0.2, 0.25) is 0 Å². The number of hydrogen-bond acceptors (Lipinski definition) is 3. The minimum atomic E-state index is -0.119. The first kappa shape index (κ1) is 7.39. The molecular weight excluding hydrogens is 104 g/mol. The highest BCUT2D eigenvalue weighted by Gasteiger charge is 1.87. The van der Waals surface area contributed by atoms with Gasteiger partial charge in [-0.3, -0.25) is 4.99 Å². The molecular formula is C4H12N4. The van der Waals surface area contributed by atoms with Crippen molar-refractivity contribution in [3.63, 3.8) is 0 Å². The van der Waals surface area contributed by atoms with Crippen molar-refractivity contribution in [1.82, 2.24) is 5.43 Å². The molecule has 48 valence electrons. The Morgan fingerprint density at radius 2 is 2.50 bits per heavy atom. The Morgan fingerprint density at radius 1 is 1.88 bits per heavy atom. The van der Waals surface area contributed by atoms with Gasteiger partial charge in [0.05, 0.1) is 12.5 Å². The van der Waals surface area contributed by atoms with E-state index in [1.54, 1.807) is 0 Å². The molecule has 0 spiro atoms. The van der Waals surface area contributed by atoms with Crippen LogP contribution in [0.5, 0.6) is 0 Å². The summed E-state index contributed by atoms with van der Waals surface area (Å²) >= 11 is 0. The average molecular weight is 116 g/mol. The summed E-state index contributed by atoms with van der Waals surface area (Å²) < 4.78 is 0. The second-order valence-corrected chi connectivity index (χ2v) is 1.42. The first-order valence-corrected chi connectivity index (χ1v) is 2.54. The minimum absolute atomic E-state index is 0.119. The summed E-state index contributed by atoms with van der Waals surface area (Å²) in [5.41, 5.74) is 7.63. The van der Waals surface area contributed by atoms with Crippen LogP contribution >= 0.6 is 0 Å². The molecule has 0 radical (unpaired) electrons. The van der Waals surface area contributed by atoms with Crippen molar-refractivity contribution in [2.45, 2.75) is 19.5 Å². The fourth-order valence-corrected chi connectivity index (χ4v) is 0.244. The van der Waals surface area contributed by atoms with Crippen molar-refractivity contribution in [2.75, 3.05) is 0 Å². The van der Waals surface area contributed by atoms with Crippen molar-refractivity contribution >= 4 is 6.34 Å². The van der Waals surface area contributed by atoms with Crippen molar-refractivity contribution < 1.29 is 0 Å². The number of nitrogens with two attached hydrogens (primary N) is 2. The summed E-state index contributed by atoms with van der Waals surface area (Å²) in [5.74, 6) is 4.88. The molecule has 0 aliphatic rings. The molecule has 5 N–H and O–H groups in total. The molecule has 0 aromatic carbocycles. The van der Waals surface area contributed by atoms with E-state index in [1.807, 2.05) is 6.92 Å². The third-order valence-corrected chi connectivity index (χ3v) is 0.759. The van der Waals surface area contributed by atoms with Crippen LogP contribution < -0.4 is 17.0 Å². The molecule has 0 heterocycles. The highest BCUT2D eigenvalue weighted by atomic mass is 15.2. The van der Waals surface area contributed by atoms with Crippen LogP contribution in [-0.2, 0) is 0 Å². The summed E-state index contributed by atoms with van der Waals surface area (Å²) in [6, 6.07) is 0. The highest BCUT2D eigenvalue weighted by molar-refractivity contribution is 5.53. The van der Waals surface area contributed by atoms with Gasteiger partial charge in [0, 0.05) is 0 Å². The molecule has 0 amide bonds. The van der Waals surface area contributed by atoms with Crippen LogP contribution in [0.1, 0.15) is 13.3 Å². The van der Waals surface area contributed by atoms with Crippen molar-refractivity contribution in [2.24, 2.45) is 16.6 Å². The van der Waals surface area contributed by atoms with E-state index in [0.717, 1.165) is 6.42 Å². The Labute approximate surface area is 48.9 Å². The largest absolute Gasteiger partial charge is 0.315 e. The molecule has 0 aromatic heterocycles. The number of nitrogens with zero attached hydrogens (tertiary/aromatic N) is 1. The van der Waals surface area contributed by atoms with E-state index in [9.17, 15) is 0 Å². The summed E-state index contributed by atoms with van der Waals surface area (Å²) in [5, 5.41) is 0. The van der Waals surface area contributed by atoms with E-state index in [4.69, 9.17) is 11.6 Å². The number of rotatable bonds is 3. The maximum Gasteiger partial charge on any atom is 0.0984 e. The molecule has 4 heteroatoms. The zero-order chi connectivity index (χ0) is 6.41. The van der Waals surface area contributed by atoms with Crippen LogP contribution in [0.3, 0.4) is 0 Å². The molecule has 0 aromatic rings. The lowest BCUT2D eigenvalue weighted by atomic mass is 10.4. The summed E-state index contributed by atoms with van der Waals surface area (Å²) in [6.45, 7) is 1.96. The third kappa shape index (κ3) is 3.58. The van der Waals surface area contributed by atoms with Gasteiger partial charge in [-0.15, -0.1) is 0 Å². The normalized spacial score (nSPS) is 14.4. The van der Waals surface area contributed by atoms with Crippen molar-refractivity contribution in [3.8, 4) is 0 Å². The van der Waals surface area contributed by atoms with E-state index in [2.05, 4.69) is 10.4 Å². The van der Waals surface area contributed by atoms with Gasteiger partial charge in [0.15, 0.2) is 0 Å². The molecule has 0 aliphatic heterocycles. The van der Waals surface area contributed by atoms with Crippen LogP contribution in [-0.4, -0.2) is 12.5 Å². The quantitative estimate of drug-likeness (QED) is 0.195. The van der Waals surface area contributed by atoms with Gasteiger partial charge in [0.2, 0.25) is 0 Å². The zero-order valence-corrected chi connectivity index (χ0v) is 4.96. The van der Waals surface area contributed by atoms with E-state index in [0.29, 0.717) is 0 Å². The fourth-order valence-electron chi connectivity index (χ4n) is 0.244. The van der Waals surface area contributed by atoms with Gasteiger partial charge in [-0.05, 0) is 6.42 Å². The zero-order valence-electron chi connectivity index (χ0n) is 4.96. The molecule has 1 atom stereocenters. The molecule has 4 nitrogen and oxygen atoms in total. The first-order chi connectivity index (χ1) is 3.81. The second-order valence-electron chi connectivity index (χ2n) is 1.42. The van der Waals surface area contributed by atoms with Gasteiger partial charge >= 0.3 is 0 Å². The predicted octanol–water partition coefficient (Wildman–Crippen LogP) is -0.827. The molecule has 0 aliphatic carbocycles. The van der Waals surface area contributed by atoms with Gasteiger partial charge in [-0.2, -0.15) is 0 Å². The minimum Gasteiger partial charge on any atom is -0.315 e. The lowest BCUT2D eigenvalue weighted by Gasteiger charge is -1.98. The van der Waals surface area contributed by atoms with Crippen molar-refractivity contribution in [1.29, 1.82) is 0 Å². The molecule has 0 saturated heterocycles. The van der Waals surface area contributed by atoms with Gasteiger partial charge in [0.1, 0.15) is 0 Å². The Morgan fingerprint density at radius 3 is 2.88 bits per heavy atom. The fraction of sp³-hybridized carbons (Fsp3) is 0.750. The highest BCUT2D eigenvalue weighted by Crippen LogP contribution is 1.82. The summed E-state index contributed by atoms with van der Waals surface area (Å²) in [6.07, 6.45) is 2.10. The second kappa shape index (κ2) is 4.55. The van der Waals surface area contributed by atoms with E-state index in [1.165, 1.54) is 6.34 Å². The lowest BCUT2D eigenvalue weighted by molar-refractivity contribution is 0.683. The van der Waals surface area contributed by atoms with Gasteiger partial charge in [0.25, 0.3) is 0 Å².